The fraction of sp³-hybridized carbons (Fsp3) is 0.278. The number of rotatable bonds is 7. The highest BCUT2D eigenvalue weighted by molar-refractivity contribution is 6.31. The van der Waals surface area contributed by atoms with Gasteiger partial charge in [0.1, 0.15) is 18.0 Å². The van der Waals surface area contributed by atoms with E-state index in [4.69, 9.17) is 21.1 Å². The molecule has 6 heteroatoms. The number of likely N-dealkylation sites (N-methyl/N-ethyl adjacent to an activating group) is 1. The number of carbonyl (C=O) groups excluding carboxylic acids is 1. The van der Waals surface area contributed by atoms with Crippen molar-refractivity contribution in [2.45, 2.75) is 6.54 Å². The Bertz CT molecular complexity index is 684. The van der Waals surface area contributed by atoms with Crippen molar-refractivity contribution in [1.29, 1.82) is 0 Å². The molecule has 2 rings (SSSR count). The summed E-state index contributed by atoms with van der Waals surface area (Å²) in [5.41, 5.74) is 1.66. The summed E-state index contributed by atoms with van der Waals surface area (Å²) in [6.07, 6.45) is 0. The quantitative estimate of drug-likeness (QED) is 0.804. The standard InChI is InChI=1S/C18H21ClN2O3/c1-21(11-13-6-4-5-7-17(13)19)12-18(22)20-14-8-15(23-2)10-16(9-14)24-3/h4-10H,11-12H2,1-3H3,(H,20,22)/p+1. The number of hydrogen-bond donors (Lipinski definition) is 2. The second-order valence-electron chi connectivity index (χ2n) is 5.55. The van der Waals surface area contributed by atoms with Crippen molar-refractivity contribution in [2.24, 2.45) is 0 Å². The Morgan fingerprint density at radius 1 is 1.12 bits per heavy atom. The lowest BCUT2D eigenvalue weighted by Crippen LogP contribution is -3.08. The van der Waals surface area contributed by atoms with Crippen LogP contribution >= 0.6 is 11.6 Å². The summed E-state index contributed by atoms with van der Waals surface area (Å²) >= 11 is 6.16. The van der Waals surface area contributed by atoms with Crippen LogP contribution in [0.3, 0.4) is 0 Å². The number of quaternary nitrogens is 1. The molecule has 1 amide bonds. The van der Waals surface area contributed by atoms with E-state index < -0.39 is 0 Å². The molecule has 24 heavy (non-hydrogen) atoms. The van der Waals surface area contributed by atoms with Gasteiger partial charge in [0.25, 0.3) is 5.91 Å². The molecule has 0 saturated heterocycles. The first-order chi connectivity index (χ1) is 11.5. The number of methoxy groups -OCH3 is 2. The average Bonchev–Trinajstić information content (AvgIpc) is 2.56. The van der Waals surface area contributed by atoms with Crippen LogP contribution in [-0.4, -0.2) is 33.7 Å². The van der Waals surface area contributed by atoms with E-state index in [1.165, 1.54) is 0 Å². The Hall–Kier alpha value is -2.24. The number of ether oxygens (including phenoxy) is 2. The van der Waals surface area contributed by atoms with Gasteiger partial charge >= 0.3 is 0 Å². The van der Waals surface area contributed by atoms with E-state index in [0.29, 0.717) is 30.3 Å². The third-order valence-electron chi connectivity index (χ3n) is 3.55. The Balaban J connectivity index is 1.96. The number of amides is 1. The topological polar surface area (TPSA) is 52.0 Å². The highest BCUT2D eigenvalue weighted by atomic mass is 35.5. The van der Waals surface area contributed by atoms with E-state index in [1.54, 1.807) is 32.4 Å². The zero-order valence-corrected chi connectivity index (χ0v) is 14.8. The van der Waals surface area contributed by atoms with Gasteiger partial charge in [0.2, 0.25) is 0 Å². The van der Waals surface area contributed by atoms with Crippen molar-refractivity contribution >= 4 is 23.2 Å². The lowest BCUT2D eigenvalue weighted by molar-refractivity contribution is -0.885. The van der Waals surface area contributed by atoms with Gasteiger partial charge in [-0.1, -0.05) is 29.8 Å². The number of hydrogen-bond acceptors (Lipinski definition) is 3. The maximum Gasteiger partial charge on any atom is 0.279 e. The van der Waals surface area contributed by atoms with Gasteiger partial charge in [0.15, 0.2) is 6.54 Å². The van der Waals surface area contributed by atoms with Gasteiger partial charge in [-0.25, -0.2) is 0 Å². The zero-order valence-electron chi connectivity index (χ0n) is 14.1. The molecule has 2 N–H and O–H groups in total. The minimum atomic E-state index is -0.0881. The van der Waals surface area contributed by atoms with Gasteiger partial charge in [0, 0.05) is 34.5 Å². The van der Waals surface area contributed by atoms with Crippen LogP contribution in [0.4, 0.5) is 5.69 Å². The molecule has 128 valence electrons. The summed E-state index contributed by atoms with van der Waals surface area (Å²) in [5, 5.41) is 3.59. The van der Waals surface area contributed by atoms with Crippen LogP contribution in [-0.2, 0) is 11.3 Å². The fourth-order valence-electron chi connectivity index (χ4n) is 2.39. The average molecular weight is 350 g/mol. The smallest absolute Gasteiger partial charge is 0.279 e. The Labute approximate surface area is 147 Å². The molecule has 2 aromatic rings. The van der Waals surface area contributed by atoms with Crippen LogP contribution in [0.15, 0.2) is 42.5 Å². The highest BCUT2D eigenvalue weighted by Gasteiger charge is 2.13. The van der Waals surface area contributed by atoms with Crippen molar-refractivity contribution in [3.05, 3.63) is 53.1 Å². The number of anilines is 1. The molecule has 0 aromatic heterocycles. The van der Waals surface area contributed by atoms with Crippen LogP contribution < -0.4 is 19.7 Å². The molecule has 0 aliphatic carbocycles. The number of nitrogens with one attached hydrogen (secondary N) is 2. The molecule has 0 spiro atoms. The van der Waals surface area contributed by atoms with Gasteiger partial charge in [0.05, 0.1) is 21.3 Å². The summed E-state index contributed by atoms with van der Waals surface area (Å²) in [4.78, 5) is 13.3. The molecule has 0 heterocycles. The maximum absolute atomic E-state index is 12.3. The maximum atomic E-state index is 12.3. The molecule has 0 radical (unpaired) electrons. The van der Waals surface area contributed by atoms with E-state index in [-0.39, 0.29) is 5.91 Å². The third kappa shape index (κ3) is 5.15. The second-order valence-corrected chi connectivity index (χ2v) is 5.96. The molecule has 0 fully saturated rings. The predicted molar refractivity (Wildman–Crippen MR) is 95.1 cm³/mol. The lowest BCUT2D eigenvalue weighted by Gasteiger charge is -2.15. The molecule has 0 bridgehead atoms. The summed E-state index contributed by atoms with van der Waals surface area (Å²) in [7, 11) is 5.10. The largest absolute Gasteiger partial charge is 0.497 e. The molecule has 2 aromatic carbocycles. The Morgan fingerprint density at radius 3 is 2.33 bits per heavy atom. The van der Waals surface area contributed by atoms with Gasteiger partial charge in [-0.3, -0.25) is 4.79 Å². The van der Waals surface area contributed by atoms with E-state index in [0.717, 1.165) is 15.5 Å². The predicted octanol–water partition coefficient (Wildman–Crippen LogP) is 2.01. The molecule has 0 aliphatic heterocycles. The van der Waals surface area contributed by atoms with E-state index in [9.17, 15) is 4.79 Å². The zero-order chi connectivity index (χ0) is 17.5. The van der Waals surface area contributed by atoms with E-state index in [1.807, 2.05) is 31.3 Å². The monoisotopic (exact) mass is 349 g/mol. The molecule has 1 unspecified atom stereocenters. The molecule has 0 saturated carbocycles. The fourth-order valence-corrected chi connectivity index (χ4v) is 2.59. The normalized spacial score (nSPS) is 11.7. The second kappa shape index (κ2) is 8.57. The van der Waals surface area contributed by atoms with Gasteiger partial charge in [-0.05, 0) is 6.07 Å². The minimum Gasteiger partial charge on any atom is -0.497 e. The summed E-state index contributed by atoms with van der Waals surface area (Å²) in [5.74, 6) is 1.16. The first-order valence-electron chi connectivity index (χ1n) is 7.59. The Kier molecular flexibility index (Phi) is 6.46. The van der Waals surface area contributed by atoms with Crippen LogP contribution in [0.25, 0.3) is 0 Å². The molecular formula is C18H22ClN2O3+. The minimum absolute atomic E-state index is 0.0881. The van der Waals surface area contributed by atoms with Crippen molar-refractivity contribution in [3.63, 3.8) is 0 Å². The summed E-state index contributed by atoms with van der Waals surface area (Å²) in [6.45, 7) is 0.999. The molecule has 5 nitrogen and oxygen atoms in total. The summed E-state index contributed by atoms with van der Waals surface area (Å²) in [6, 6.07) is 12.9. The molecule has 0 aliphatic rings. The summed E-state index contributed by atoms with van der Waals surface area (Å²) < 4.78 is 10.4. The van der Waals surface area contributed by atoms with Crippen molar-refractivity contribution in [1.82, 2.24) is 0 Å². The SMILES string of the molecule is COc1cc(NC(=O)C[NH+](C)Cc2ccccc2Cl)cc(OC)c1. The van der Waals surface area contributed by atoms with Crippen molar-refractivity contribution in [3.8, 4) is 11.5 Å². The Morgan fingerprint density at radius 2 is 1.75 bits per heavy atom. The van der Waals surface area contributed by atoms with Gasteiger partial charge in [-0.15, -0.1) is 0 Å². The third-order valence-corrected chi connectivity index (χ3v) is 3.92. The van der Waals surface area contributed by atoms with Crippen LogP contribution in [0.1, 0.15) is 5.56 Å². The lowest BCUT2D eigenvalue weighted by atomic mass is 10.2. The van der Waals surface area contributed by atoms with Gasteiger partial charge < -0.3 is 19.7 Å². The number of benzene rings is 2. The van der Waals surface area contributed by atoms with Gasteiger partial charge in [-0.2, -0.15) is 0 Å². The van der Waals surface area contributed by atoms with Crippen molar-refractivity contribution < 1.29 is 19.2 Å². The van der Waals surface area contributed by atoms with Crippen LogP contribution in [0, 0.1) is 0 Å². The molecular weight excluding hydrogens is 328 g/mol. The number of halogens is 1. The first kappa shape index (κ1) is 18.1. The first-order valence-corrected chi connectivity index (χ1v) is 7.97. The van der Waals surface area contributed by atoms with Crippen molar-refractivity contribution in [2.75, 3.05) is 33.1 Å². The van der Waals surface area contributed by atoms with Crippen LogP contribution in [0.2, 0.25) is 5.02 Å². The number of carbonyl (C=O) groups is 1. The highest BCUT2D eigenvalue weighted by Crippen LogP contribution is 2.25. The molecule has 1 atom stereocenters. The van der Waals surface area contributed by atoms with Crippen LogP contribution in [0.5, 0.6) is 11.5 Å². The van der Waals surface area contributed by atoms with E-state index in [2.05, 4.69) is 5.32 Å². The van der Waals surface area contributed by atoms with E-state index >= 15 is 0 Å².